The quantitative estimate of drug-likeness (QED) is 0.270. The van der Waals surface area contributed by atoms with E-state index in [-0.39, 0.29) is 5.91 Å². The predicted molar refractivity (Wildman–Crippen MR) is 141 cm³/mol. The number of ether oxygens (including phenoxy) is 1. The highest BCUT2D eigenvalue weighted by molar-refractivity contribution is 8.00. The minimum Gasteiger partial charge on any atom is -0.457 e. The zero-order valence-corrected chi connectivity index (χ0v) is 20.4. The number of rotatable bonds is 8. The lowest BCUT2D eigenvalue weighted by Gasteiger charge is -2.16. The lowest BCUT2D eigenvalue weighted by atomic mass is 10.1. The molecule has 1 amide bonds. The number of carbonyl (C=O) groups is 1. The van der Waals surface area contributed by atoms with Crippen molar-refractivity contribution in [2.24, 2.45) is 0 Å². The summed E-state index contributed by atoms with van der Waals surface area (Å²) in [6.45, 7) is 3.98. The first-order valence-corrected chi connectivity index (χ1v) is 12.2. The van der Waals surface area contributed by atoms with Crippen LogP contribution < -0.4 is 10.1 Å². The molecule has 3 aromatic carbocycles. The van der Waals surface area contributed by atoms with Crippen LogP contribution in [0, 0.1) is 18.3 Å². The van der Waals surface area contributed by atoms with Crippen molar-refractivity contribution < 1.29 is 9.53 Å². The fourth-order valence-corrected chi connectivity index (χ4v) is 4.40. The van der Waals surface area contributed by atoms with Crippen LogP contribution in [0.4, 0.5) is 5.69 Å². The van der Waals surface area contributed by atoms with E-state index in [0.717, 1.165) is 17.0 Å². The third kappa shape index (κ3) is 6.28. The first kappa shape index (κ1) is 24.1. The van der Waals surface area contributed by atoms with Crippen molar-refractivity contribution in [2.45, 2.75) is 30.5 Å². The average Bonchev–Trinajstić information content (AvgIpc) is 2.89. The van der Waals surface area contributed by atoms with Gasteiger partial charge in [-0.15, -0.1) is 0 Å². The summed E-state index contributed by atoms with van der Waals surface area (Å²) in [5.41, 5.74) is 4.04. The summed E-state index contributed by atoms with van der Waals surface area (Å²) in [5, 5.41) is 12.7. The van der Waals surface area contributed by atoms with E-state index < -0.39 is 5.25 Å². The summed E-state index contributed by atoms with van der Waals surface area (Å²) in [6.07, 6.45) is 0.590. The molecule has 1 unspecified atom stereocenters. The lowest BCUT2D eigenvalue weighted by Crippen LogP contribution is -2.24. The summed E-state index contributed by atoms with van der Waals surface area (Å²) < 4.78 is 5.81. The van der Waals surface area contributed by atoms with Crippen LogP contribution in [-0.4, -0.2) is 16.1 Å². The normalized spacial score (nSPS) is 11.3. The van der Waals surface area contributed by atoms with Crippen molar-refractivity contribution in [3.05, 3.63) is 102 Å². The molecule has 1 heterocycles. The number of anilines is 1. The molecule has 4 rings (SSSR count). The van der Waals surface area contributed by atoms with Crippen molar-refractivity contribution in [3.63, 3.8) is 0 Å². The number of nitrogens with zero attached hydrogens (tertiary/aromatic N) is 2. The minimum absolute atomic E-state index is 0.138. The second kappa shape index (κ2) is 11.4. The maximum atomic E-state index is 13.0. The summed E-state index contributed by atoms with van der Waals surface area (Å²) in [6, 6.07) is 30.7. The SMILES string of the molecule is CCC(Sc1nc(-c2ccc(C)cc2)ccc1C#N)C(=O)Nc1ccc(Oc2ccccc2)cc1. The number of nitrogens with one attached hydrogen (secondary N) is 1. The van der Waals surface area contributed by atoms with Crippen LogP contribution in [0.25, 0.3) is 11.3 Å². The van der Waals surface area contributed by atoms with Gasteiger partial charge in [-0.05, 0) is 61.9 Å². The monoisotopic (exact) mass is 479 g/mol. The summed E-state index contributed by atoms with van der Waals surface area (Å²) in [4.78, 5) is 17.8. The Morgan fingerprint density at radius 3 is 2.31 bits per heavy atom. The fourth-order valence-electron chi connectivity index (χ4n) is 3.41. The molecule has 0 aliphatic heterocycles. The van der Waals surface area contributed by atoms with Gasteiger partial charge in [0, 0.05) is 11.3 Å². The van der Waals surface area contributed by atoms with Gasteiger partial charge in [0.25, 0.3) is 0 Å². The minimum atomic E-state index is -0.400. The number of aryl methyl sites for hydroxylation is 1. The number of thioether (sulfide) groups is 1. The van der Waals surface area contributed by atoms with Gasteiger partial charge in [-0.2, -0.15) is 5.26 Å². The Labute approximate surface area is 209 Å². The van der Waals surface area contributed by atoms with E-state index >= 15 is 0 Å². The molecule has 0 fully saturated rings. The number of para-hydroxylation sites is 1. The van der Waals surface area contributed by atoms with Crippen LogP contribution in [0.5, 0.6) is 11.5 Å². The van der Waals surface area contributed by atoms with Gasteiger partial charge in [0.05, 0.1) is 16.5 Å². The van der Waals surface area contributed by atoms with Gasteiger partial charge in [-0.3, -0.25) is 4.79 Å². The van der Waals surface area contributed by atoms with Gasteiger partial charge in [-0.1, -0.05) is 66.7 Å². The fraction of sp³-hybridized carbons (Fsp3) is 0.138. The Kier molecular flexibility index (Phi) is 7.81. The van der Waals surface area contributed by atoms with Crippen molar-refractivity contribution in [2.75, 3.05) is 5.32 Å². The molecule has 4 aromatic rings. The maximum absolute atomic E-state index is 13.0. The van der Waals surface area contributed by atoms with Gasteiger partial charge in [-0.25, -0.2) is 4.98 Å². The molecule has 1 aromatic heterocycles. The highest BCUT2D eigenvalue weighted by Gasteiger charge is 2.21. The van der Waals surface area contributed by atoms with Crippen molar-refractivity contribution in [1.82, 2.24) is 4.98 Å². The average molecular weight is 480 g/mol. The van der Waals surface area contributed by atoms with E-state index in [1.54, 1.807) is 6.07 Å². The summed E-state index contributed by atoms with van der Waals surface area (Å²) >= 11 is 1.31. The third-order valence-electron chi connectivity index (χ3n) is 5.35. The molecular weight excluding hydrogens is 454 g/mol. The zero-order chi connectivity index (χ0) is 24.6. The molecule has 0 aliphatic carbocycles. The number of carbonyl (C=O) groups excluding carboxylic acids is 1. The molecule has 0 saturated carbocycles. The Morgan fingerprint density at radius 2 is 1.66 bits per heavy atom. The molecule has 5 nitrogen and oxygen atoms in total. The summed E-state index contributed by atoms with van der Waals surface area (Å²) in [5.74, 6) is 1.30. The highest BCUT2D eigenvalue weighted by Crippen LogP contribution is 2.31. The maximum Gasteiger partial charge on any atom is 0.237 e. The van der Waals surface area contributed by atoms with Crippen molar-refractivity contribution in [1.29, 1.82) is 5.26 Å². The lowest BCUT2D eigenvalue weighted by molar-refractivity contribution is -0.115. The van der Waals surface area contributed by atoms with E-state index in [0.29, 0.717) is 28.4 Å². The second-order valence-electron chi connectivity index (χ2n) is 7.97. The van der Waals surface area contributed by atoms with Crippen molar-refractivity contribution in [3.8, 4) is 28.8 Å². The third-order valence-corrected chi connectivity index (χ3v) is 6.71. The number of amides is 1. The number of hydrogen-bond donors (Lipinski definition) is 1. The van der Waals surface area contributed by atoms with Crippen LogP contribution in [-0.2, 0) is 4.79 Å². The van der Waals surface area contributed by atoms with Gasteiger partial charge in [0.15, 0.2) is 0 Å². The number of pyridine rings is 1. The molecule has 0 aliphatic rings. The van der Waals surface area contributed by atoms with E-state index in [9.17, 15) is 10.1 Å². The predicted octanol–water partition coefficient (Wildman–Crippen LogP) is 7.23. The number of benzene rings is 3. The summed E-state index contributed by atoms with van der Waals surface area (Å²) in [7, 11) is 0. The van der Waals surface area contributed by atoms with Gasteiger partial charge < -0.3 is 10.1 Å². The molecule has 0 radical (unpaired) electrons. The molecular formula is C29H25N3O2S. The van der Waals surface area contributed by atoms with E-state index in [2.05, 4.69) is 11.4 Å². The molecule has 0 saturated heterocycles. The van der Waals surface area contributed by atoms with Gasteiger partial charge in [0.2, 0.25) is 5.91 Å². The highest BCUT2D eigenvalue weighted by atomic mass is 32.2. The Balaban J connectivity index is 1.46. The molecule has 0 spiro atoms. The number of aromatic nitrogens is 1. The topological polar surface area (TPSA) is 75.0 Å². The Morgan fingerprint density at radius 1 is 0.971 bits per heavy atom. The van der Waals surface area contributed by atoms with Crippen LogP contribution in [0.2, 0.25) is 0 Å². The molecule has 1 atom stereocenters. The zero-order valence-electron chi connectivity index (χ0n) is 19.6. The molecule has 0 bridgehead atoms. The van der Waals surface area contributed by atoms with Gasteiger partial charge >= 0.3 is 0 Å². The van der Waals surface area contributed by atoms with Gasteiger partial charge in [0.1, 0.15) is 22.6 Å². The molecule has 174 valence electrons. The second-order valence-corrected chi connectivity index (χ2v) is 9.16. The van der Waals surface area contributed by atoms with Crippen LogP contribution in [0.1, 0.15) is 24.5 Å². The van der Waals surface area contributed by atoms with E-state index in [1.807, 2.05) is 98.8 Å². The smallest absolute Gasteiger partial charge is 0.237 e. The first-order chi connectivity index (χ1) is 17.1. The van der Waals surface area contributed by atoms with Crippen molar-refractivity contribution >= 4 is 23.4 Å². The first-order valence-electron chi connectivity index (χ1n) is 11.3. The van der Waals surface area contributed by atoms with Crippen LogP contribution in [0.15, 0.2) is 96.0 Å². The molecule has 35 heavy (non-hydrogen) atoms. The van der Waals surface area contributed by atoms with E-state index in [1.165, 1.54) is 17.3 Å². The number of nitriles is 1. The molecule has 1 N–H and O–H groups in total. The largest absolute Gasteiger partial charge is 0.457 e. The standard InChI is InChI=1S/C29H25N3O2S/c1-3-27(28(33)31-23-14-16-25(17-15-23)34-24-7-5-4-6-8-24)35-29-22(19-30)13-18-26(32-29)21-11-9-20(2)10-12-21/h4-18,27H,3H2,1-2H3,(H,31,33). The Bertz CT molecular complexity index is 1330. The number of hydrogen-bond acceptors (Lipinski definition) is 5. The van der Waals surface area contributed by atoms with Crippen LogP contribution >= 0.6 is 11.8 Å². The van der Waals surface area contributed by atoms with Crippen LogP contribution in [0.3, 0.4) is 0 Å². The Hall–Kier alpha value is -4.08. The van der Waals surface area contributed by atoms with E-state index in [4.69, 9.17) is 9.72 Å². The molecule has 6 heteroatoms.